The summed E-state index contributed by atoms with van der Waals surface area (Å²) in [5.41, 5.74) is 1.26. The van der Waals surface area contributed by atoms with Gasteiger partial charge in [-0.1, -0.05) is 23.8 Å². The predicted octanol–water partition coefficient (Wildman–Crippen LogP) is 3.92. The standard InChI is InChI=1S/C22H24O5S/c1-12-7-10-22-17(12)18-13(8-9-21(22,2)27-22)15(20(25)26-18)11-28-16-6-4-3-5-14(16)19(23)24/h3-7,13,15,17-18H,8-11H2,1-2H3,(H,23,24)/t13-,15-,17+,18-,21-,22+/m0/s1. The summed E-state index contributed by atoms with van der Waals surface area (Å²) in [6.07, 6.45) is 4.87. The minimum atomic E-state index is -0.941. The molecule has 2 saturated heterocycles. The maximum atomic E-state index is 12.8. The van der Waals surface area contributed by atoms with Gasteiger partial charge in [-0.15, -0.1) is 11.8 Å². The minimum Gasteiger partial charge on any atom is -0.478 e. The van der Waals surface area contributed by atoms with E-state index < -0.39 is 5.97 Å². The van der Waals surface area contributed by atoms with Gasteiger partial charge in [-0.05, 0) is 45.2 Å². The van der Waals surface area contributed by atoms with Crippen LogP contribution in [-0.2, 0) is 14.3 Å². The smallest absolute Gasteiger partial charge is 0.336 e. The van der Waals surface area contributed by atoms with Gasteiger partial charge in [-0.2, -0.15) is 0 Å². The normalized spacial score (nSPS) is 40.6. The maximum absolute atomic E-state index is 12.8. The number of carbonyl (C=O) groups is 2. The van der Waals surface area contributed by atoms with E-state index in [2.05, 4.69) is 19.9 Å². The summed E-state index contributed by atoms with van der Waals surface area (Å²) < 4.78 is 12.2. The fourth-order valence-electron chi connectivity index (χ4n) is 5.72. The molecule has 0 amide bonds. The van der Waals surface area contributed by atoms with Crippen LogP contribution in [0.4, 0.5) is 0 Å². The molecule has 5 nitrogen and oxygen atoms in total. The topological polar surface area (TPSA) is 76.1 Å². The Balaban J connectivity index is 1.39. The van der Waals surface area contributed by atoms with E-state index in [-0.39, 0.29) is 46.6 Å². The second kappa shape index (κ2) is 6.10. The number of rotatable bonds is 4. The first-order valence-corrected chi connectivity index (χ1v) is 10.9. The highest BCUT2D eigenvalue weighted by Gasteiger charge is 2.75. The van der Waals surface area contributed by atoms with Gasteiger partial charge in [0.15, 0.2) is 0 Å². The van der Waals surface area contributed by atoms with Crippen LogP contribution in [0.1, 0.15) is 43.5 Å². The van der Waals surface area contributed by atoms with Crippen molar-refractivity contribution in [3.63, 3.8) is 0 Å². The van der Waals surface area contributed by atoms with Crippen molar-refractivity contribution in [2.75, 3.05) is 5.75 Å². The van der Waals surface area contributed by atoms with E-state index in [4.69, 9.17) is 9.47 Å². The van der Waals surface area contributed by atoms with Gasteiger partial charge in [0.1, 0.15) is 11.7 Å². The van der Waals surface area contributed by atoms with Gasteiger partial charge in [0.05, 0.1) is 17.1 Å². The van der Waals surface area contributed by atoms with Gasteiger partial charge in [0.25, 0.3) is 0 Å². The number of benzene rings is 1. The Labute approximate surface area is 168 Å². The third-order valence-electron chi connectivity index (χ3n) is 7.29. The molecule has 0 radical (unpaired) electrons. The summed E-state index contributed by atoms with van der Waals surface area (Å²) in [6.45, 7) is 4.32. The molecular formula is C22H24O5S. The van der Waals surface area contributed by atoms with E-state index in [1.165, 1.54) is 17.3 Å². The molecule has 3 fully saturated rings. The zero-order valence-corrected chi connectivity index (χ0v) is 16.8. The Morgan fingerprint density at radius 2 is 2.14 bits per heavy atom. The molecule has 1 spiro atoms. The van der Waals surface area contributed by atoms with Crippen molar-refractivity contribution in [3.05, 3.63) is 41.5 Å². The van der Waals surface area contributed by atoms with Crippen molar-refractivity contribution in [2.24, 2.45) is 17.8 Å². The number of carbonyl (C=O) groups excluding carboxylic acids is 1. The predicted molar refractivity (Wildman–Crippen MR) is 104 cm³/mol. The Kier molecular flexibility index (Phi) is 3.98. The van der Waals surface area contributed by atoms with Crippen LogP contribution in [-0.4, -0.2) is 40.1 Å². The molecule has 1 aromatic carbocycles. The van der Waals surface area contributed by atoms with Crippen molar-refractivity contribution in [1.82, 2.24) is 0 Å². The van der Waals surface area contributed by atoms with Crippen LogP contribution in [0.3, 0.4) is 0 Å². The first kappa shape index (κ1) is 18.3. The Morgan fingerprint density at radius 1 is 1.36 bits per heavy atom. The number of carboxylic acid groups (broad SMARTS) is 1. The zero-order chi connectivity index (χ0) is 19.7. The number of carboxylic acids is 1. The molecule has 2 aliphatic carbocycles. The molecule has 0 aromatic heterocycles. The lowest BCUT2D eigenvalue weighted by Crippen LogP contribution is -2.37. The number of esters is 1. The first-order chi connectivity index (χ1) is 13.4. The molecule has 2 heterocycles. The van der Waals surface area contributed by atoms with Gasteiger partial charge in [0.2, 0.25) is 0 Å². The van der Waals surface area contributed by atoms with E-state index >= 15 is 0 Å². The summed E-state index contributed by atoms with van der Waals surface area (Å²) in [4.78, 5) is 24.9. The monoisotopic (exact) mass is 400 g/mol. The number of hydrogen-bond donors (Lipinski definition) is 1. The van der Waals surface area contributed by atoms with Crippen LogP contribution in [0.15, 0.2) is 40.8 Å². The van der Waals surface area contributed by atoms with Gasteiger partial charge >= 0.3 is 11.9 Å². The molecule has 0 unspecified atom stereocenters. The van der Waals surface area contributed by atoms with E-state index in [9.17, 15) is 14.7 Å². The van der Waals surface area contributed by atoms with Crippen molar-refractivity contribution < 1.29 is 24.2 Å². The molecular weight excluding hydrogens is 376 g/mol. The fraction of sp³-hybridized carbons (Fsp3) is 0.545. The maximum Gasteiger partial charge on any atom is 0.336 e. The molecule has 5 rings (SSSR count). The average molecular weight is 400 g/mol. The Hall–Kier alpha value is -1.79. The fourth-order valence-corrected chi connectivity index (χ4v) is 6.95. The highest BCUT2D eigenvalue weighted by Crippen LogP contribution is 2.67. The molecule has 2 aliphatic heterocycles. The average Bonchev–Trinajstić information content (AvgIpc) is 2.96. The Bertz CT molecular complexity index is 895. The summed E-state index contributed by atoms with van der Waals surface area (Å²) in [5.74, 6) is -0.436. The van der Waals surface area contributed by atoms with Crippen LogP contribution >= 0.6 is 11.8 Å². The van der Waals surface area contributed by atoms with Crippen LogP contribution in [0.5, 0.6) is 0 Å². The highest BCUT2D eigenvalue weighted by atomic mass is 32.2. The summed E-state index contributed by atoms with van der Waals surface area (Å²) in [7, 11) is 0. The van der Waals surface area contributed by atoms with Crippen molar-refractivity contribution in [2.45, 2.75) is 55.3 Å². The van der Waals surface area contributed by atoms with E-state index in [1.54, 1.807) is 12.1 Å². The summed E-state index contributed by atoms with van der Waals surface area (Å²) >= 11 is 1.45. The van der Waals surface area contributed by atoms with Crippen molar-refractivity contribution in [3.8, 4) is 0 Å². The van der Waals surface area contributed by atoms with Crippen molar-refractivity contribution in [1.29, 1.82) is 0 Å². The van der Waals surface area contributed by atoms with Gasteiger partial charge in [0, 0.05) is 22.5 Å². The number of aromatic carboxylic acids is 1. The van der Waals surface area contributed by atoms with Gasteiger partial charge in [-0.3, -0.25) is 4.79 Å². The minimum absolute atomic E-state index is 0.115. The number of fused-ring (bicyclic) bond motifs is 2. The molecule has 6 atom stereocenters. The first-order valence-electron chi connectivity index (χ1n) is 9.89. The van der Waals surface area contributed by atoms with Gasteiger partial charge in [-0.25, -0.2) is 4.79 Å². The van der Waals surface area contributed by atoms with Crippen molar-refractivity contribution >= 4 is 23.7 Å². The Morgan fingerprint density at radius 3 is 2.93 bits per heavy atom. The van der Waals surface area contributed by atoms with Crippen LogP contribution in [0.25, 0.3) is 0 Å². The highest BCUT2D eigenvalue weighted by molar-refractivity contribution is 7.99. The number of thioether (sulfide) groups is 1. The third-order valence-corrected chi connectivity index (χ3v) is 8.49. The number of ether oxygens (including phenoxy) is 2. The molecule has 28 heavy (non-hydrogen) atoms. The largest absolute Gasteiger partial charge is 0.478 e. The van der Waals surface area contributed by atoms with E-state index in [1.807, 2.05) is 12.1 Å². The third kappa shape index (κ3) is 2.43. The lowest BCUT2D eigenvalue weighted by molar-refractivity contribution is -0.145. The van der Waals surface area contributed by atoms with E-state index in [0.29, 0.717) is 10.6 Å². The van der Waals surface area contributed by atoms with Crippen LogP contribution in [0.2, 0.25) is 0 Å². The number of epoxide rings is 1. The molecule has 148 valence electrons. The van der Waals surface area contributed by atoms with Gasteiger partial charge < -0.3 is 14.6 Å². The molecule has 0 bridgehead atoms. The second-order valence-electron chi connectivity index (χ2n) is 8.68. The zero-order valence-electron chi connectivity index (χ0n) is 16.0. The lowest BCUT2D eigenvalue weighted by atomic mass is 9.77. The molecule has 6 heteroatoms. The molecule has 1 saturated carbocycles. The van der Waals surface area contributed by atoms with Crippen LogP contribution < -0.4 is 0 Å². The lowest BCUT2D eigenvalue weighted by Gasteiger charge is -2.28. The second-order valence-corrected chi connectivity index (χ2v) is 9.74. The quantitative estimate of drug-likeness (QED) is 0.357. The summed E-state index contributed by atoms with van der Waals surface area (Å²) in [5, 5.41) is 9.40. The molecule has 4 aliphatic rings. The SMILES string of the molecule is CC1=CC[C@]23O[C@@]2(C)CC[C@@H]2[C@H](OC(=O)[C@H]2CSc2ccccc2C(=O)O)[C@@H]13. The van der Waals surface area contributed by atoms with E-state index in [0.717, 1.165) is 19.3 Å². The summed E-state index contributed by atoms with van der Waals surface area (Å²) in [6, 6.07) is 6.97. The molecule has 1 N–H and O–H groups in total. The molecule has 1 aromatic rings. The van der Waals surface area contributed by atoms with Crippen LogP contribution in [0, 0.1) is 17.8 Å². The number of hydrogen-bond acceptors (Lipinski definition) is 5.